The first kappa shape index (κ1) is 23.8. The smallest absolute Gasteiger partial charge is 0.348 e. The Labute approximate surface area is 204 Å². The first-order chi connectivity index (χ1) is 16.4. The van der Waals surface area contributed by atoms with E-state index in [4.69, 9.17) is 14.1 Å². The van der Waals surface area contributed by atoms with Crippen LogP contribution in [-0.4, -0.2) is 21.7 Å². The first-order valence-electron chi connectivity index (χ1n) is 11.5. The van der Waals surface area contributed by atoms with Crippen molar-refractivity contribution in [1.29, 1.82) is 0 Å². The number of hydrogen-bond acceptors (Lipinski definition) is 5. The molecule has 2 heterocycles. The number of thiophene rings is 1. The van der Waals surface area contributed by atoms with Gasteiger partial charge in [-0.3, -0.25) is 0 Å². The lowest BCUT2D eigenvalue weighted by Crippen LogP contribution is -2.43. The average molecular weight is 476 g/mol. The highest BCUT2D eigenvalue weighted by atomic mass is 32.1. The fourth-order valence-electron chi connectivity index (χ4n) is 3.82. The molecule has 1 aromatic carbocycles. The maximum atomic E-state index is 12.0. The summed E-state index contributed by atoms with van der Waals surface area (Å²) in [6.45, 7) is 3.59. The van der Waals surface area contributed by atoms with Crippen molar-refractivity contribution in [2.24, 2.45) is 0 Å². The van der Waals surface area contributed by atoms with E-state index in [1.807, 2.05) is 43.3 Å². The van der Waals surface area contributed by atoms with E-state index in [9.17, 15) is 9.90 Å². The van der Waals surface area contributed by atoms with E-state index in [1.54, 1.807) is 30.4 Å². The molecule has 2 aromatic heterocycles. The zero-order chi connectivity index (χ0) is 24.0. The molecule has 4 rings (SSSR count). The summed E-state index contributed by atoms with van der Waals surface area (Å²) in [5.74, 6) is 1.11. The molecule has 0 fully saturated rings. The number of allylic oxidation sites excluding steroid dienone is 6. The lowest BCUT2D eigenvalue weighted by molar-refractivity contribution is -0.153. The number of benzene rings is 1. The fourth-order valence-corrected chi connectivity index (χ4v) is 5.03. The highest BCUT2D eigenvalue weighted by Gasteiger charge is 2.36. The molecule has 1 aliphatic carbocycles. The van der Waals surface area contributed by atoms with Gasteiger partial charge in [0.2, 0.25) is 11.5 Å². The molecular weight excluding hydrogens is 446 g/mol. The van der Waals surface area contributed by atoms with Crippen LogP contribution in [0.25, 0.3) is 5.57 Å². The third-order valence-electron chi connectivity index (χ3n) is 5.73. The number of carboxylic acids is 1. The number of oxazole rings is 1. The van der Waals surface area contributed by atoms with Gasteiger partial charge in [0.25, 0.3) is 0 Å². The number of para-hydroxylation sites is 1. The van der Waals surface area contributed by atoms with Crippen LogP contribution in [0.5, 0.6) is 5.75 Å². The molecule has 0 amide bonds. The normalized spacial score (nSPS) is 14.9. The van der Waals surface area contributed by atoms with Gasteiger partial charge in [-0.25, -0.2) is 9.78 Å². The zero-order valence-electron chi connectivity index (χ0n) is 19.5. The van der Waals surface area contributed by atoms with Gasteiger partial charge in [0.05, 0.1) is 5.69 Å². The van der Waals surface area contributed by atoms with Crippen molar-refractivity contribution in [3.8, 4) is 5.75 Å². The number of rotatable bonds is 10. The molecule has 1 atom stereocenters. The molecule has 176 valence electrons. The maximum Gasteiger partial charge on any atom is 0.348 e. The SMILES string of the molecule is Cc1oc(C2=CC=CCC=C2)nc1CCCc1ccc(C[C@](C)(Oc2ccccc2)C(=O)O)s1. The van der Waals surface area contributed by atoms with Gasteiger partial charge in [-0.1, -0.05) is 42.5 Å². The summed E-state index contributed by atoms with van der Waals surface area (Å²) in [5.41, 5.74) is 0.655. The number of hydrogen-bond donors (Lipinski definition) is 1. The lowest BCUT2D eigenvalue weighted by Gasteiger charge is -2.25. The first-order valence-corrected chi connectivity index (χ1v) is 12.3. The third kappa shape index (κ3) is 5.94. The summed E-state index contributed by atoms with van der Waals surface area (Å²) in [6, 6.07) is 13.2. The quantitative estimate of drug-likeness (QED) is 0.358. The van der Waals surface area contributed by atoms with Crippen LogP contribution in [0.4, 0.5) is 0 Å². The molecule has 6 heteroatoms. The summed E-state index contributed by atoms with van der Waals surface area (Å²) in [6.07, 6.45) is 14.2. The van der Waals surface area contributed by atoms with E-state index in [2.05, 4.69) is 24.3 Å². The largest absolute Gasteiger partial charge is 0.478 e. The van der Waals surface area contributed by atoms with E-state index in [0.717, 1.165) is 47.6 Å². The number of ether oxygens (including phenoxy) is 1. The number of nitrogens with zero attached hydrogens (tertiary/aromatic N) is 1. The van der Waals surface area contributed by atoms with E-state index in [0.29, 0.717) is 18.1 Å². The van der Waals surface area contributed by atoms with Gasteiger partial charge < -0.3 is 14.3 Å². The Balaban J connectivity index is 1.35. The molecule has 0 saturated heterocycles. The molecule has 34 heavy (non-hydrogen) atoms. The van der Waals surface area contributed by atoms with Gasteiger partial charge in [0, 0.05) is 21.7 Å². The minimum Gasteiger partial charge on any atom is -0.478 e. The Bertz CT molecular complexity index is 1220. The van der Waals surface area contributed by atoms with E-state index in [-0.39, 0.29) is 0 Å². The fraction of sp³-hybridized carbons (Fsp3) is 0.286. The number of aryl methyl sites for hydroxylation is 3. The van der Waals surface area contributed by atoms with Crippen LogP contribution in [0, 0.1) is 6.92 Å². The second-order valence-electron chi connectivity index (χ2n) is 8.56. The second-order valence-corrected chi connectivity index (χ2v) is 9.81. The maximum absolute atomic E-state index is 12.0. The van der Waals surface area contributed by atoms with Crippen LogP contribution in [-0.2, 0) is 24.1 Å². The Morgan fingerprint density at radius 1 is 1.15 bits per heavy atom. The van der Waals surface area contributed by atoms with Crippen LogP contribution in [0.1, 0.15) is 46.9 Å². The minimum atomic E-state index is -1.33. The van der Waals surface area contributed by atoms with Gasteiger partial charge in [-0.05, 0) is 69.9 Å². The highest BCUT2D eigenvalue weighted by molar-refractivity contribution is 7.12. The molecular formula is C28H29NO4S. The second kappa shape index (κ2) is 10.7. The molecule has 0 saturated carbocycles. The number of carbonyl (C=O) groups is 1. The van der Waals surface area contributed by atoms with Crippen LogP contribution in [0.2, 0.25) is 0 Å². The highest BCUT2D eigenvalue weighted by Crippen LogP contribution is 2.28. The van der Waals surface area contributed by atoms with Crippen molar-refractivity contribution in [2.75, 3.05) is 0 Å². The van der Waals surface area contributed by atoms with Gasteiger partial charge >= 0.3 is 5.97 Å². The zero-order valence-corrected chi connectivity index (χ0v) is 20.3. The topological polar surface area (TPSA) is 72.6 Å². The third-order valence-corrected chi connectivity index (χ3v) is 6.87. The Kier molecular flexibility index (Phi) is 7.48. The van der Waals surface area contributed by atoms with Gasteiger partial charge in [-0.2, -0.15) is 0 Å². The van der Waals surface area contributed by atoms with Crippen LogP contribution in [0.15, 0.2) is 77.3 Å². The van der Waals surface area contributed by atoms with Crippen molar-refractivity contribution in [1.82, 2.24) is 4.98 Å². The molecule has 0 spiro atoms. The Hall–Kier alpha value is -3.38. The molecule has 1 N–H and O–H groups in total. The molecule has 0 radical (unpaired) electrons. The van der Waals surface area contributed by atoms with Crippen LogP contribution in [0.3, 0.4) is 0 Å². The number of carboxylic acid groups (broad SMARTS) is 1. The predicted octanol–water partition coefficient (Wildman–Crippen LogP) is 6.58. The van der Waals surface area contributed by atoms with Crippen molar-refractivity contribution >= 4 is 22.9 Å². The molecule has 0 bridgehead atoms. The van der Waals surface area contributed by atoms with E-state index < -0.39 is 11.6 Å². The molecule has 5 nitrogen and oxygen atoms in total. The molecule has 1 aliphatic rings. The summed E-state index contributed by atoms with van der Waals surface area (Å²) in [4.78, 5) is 18.9. The van der Waals surface area contributed by atoms with Crippen molar-refractivity contribution in [2.45, 2.75) is 51.6 Å². The van der Waals surface area contributed by atoms with Crippen molar-refractivity contribution < 1.29 is 19.1 Å². The molecule has 3 aromatic rings. The summed E-state index contributed by atoms with van der Waals surface area (Å²) in [7, 11) is 0. The lowest BCUT2D eigenvalue weighted by atomic mass is 10.0. The van der Waals surface area contributed by atoms with Crippen LogP contribution < -0.4 is 4.74 Å². The van der Waals surface area contributed by atoms with E-state index >= 15 is 0 Å². The van der Waals surface area contributed by atoms with Gasteiger partial charge in [0.1, 0.15) is 11.5 Å². The molecule has 0 unspecified atom stereocenters. The Morgan fingerprint density at radius 2 is 1.94 bits per heavy atom. The predicted molar refractivity (Wildman–Crippen MR) is 135 cm³/mol. The number of aromatic nitrogens is 1. The van der Waals surface area contributed by atoms with Gasteiger partial charge in [-0.15, -0.1) is 11.3 Å². The Morgan fingerprint density at radius 3 is 2.74 bits per heavy atom. The van der Waals surface area contributed by atoms with E-state index in [1.165, 1.54) is 4.88 Å². The van der Waals surface area contributed by atoms with Crippen molar-refractivity contribution in [3.63, 3.8) is 0 Å². The number of aliphatic carboxylic acids is 1. The average Bonchev–Trinajstić information content (AvgIpc) is 3.30. The van der Waals surface area contributed by atoms with Crippen LogP contribution >= 0.6 is 11.3 Å². The summed E-state index contributed by atoms with van der Waals surface area (Å²) < 4.78 is 11.8. The van der Waals surface area contributed by atoms with Crippen molar-refractivity contribution in [3.05, 3.63) is 99.9 Å². The summed E-state index contributed by atoms with van der Waals surface area (Å²) >= 11 is 1.64. The molecule has 0 aliphatic heterocycles. The van der Waals surface area contributed by atoms with Gasteiger partial charge in [0.15, 0.2) is 0 Å². The monoisotopic (exact) mass is 475 g/mol. The summed E-state index contributed by atoms with van der Waals surface area (Å²) in [5, 5.41) is 9.82. The standard InChI is InChI=1S/C28H29NO4S/c1-20-25(29-26(32-20)21-11-6-3-4-7-12-21)16-10-15-23-17-18-24(34-23)19-28(2,27(30)31)33-22-13-8-5-9-14-22/h3,5-9,11-14,17-18H,4,10,15-16,19H2,1-2H3,(H,30,31)/t28-/m0/s1. The minimum absolute atomic E-state index is 0.310.